The fourth-order valence-electron chi connectivity index (χ4n) is 2.90. The predicted molar refractivity (Wildman–Crippen MR) is 87.2 cm³/mol. The van der Waals surface area contributed by atoms with Gasteiger partial charge in [0, 0.05) is 31.9 Å². The average molecular weight is 314 g/mol. The molecule has 2 N–H and O–H groups in total. The van der Waals surface area contributed by atoms with E-state index in [9.17, 15) is 4.79 Å². The number of carbonyl (C=O) groups is 1. The molecule has 7 nitrogen and oxygen atoms in total. The quantitative estimate of drug-likeness (QED) is 0.761. The molecule has 2 aromatic heterocycles. The molecule has 2 heterocycles. The van der Waals surface area contributed by atoms with Gasteiger partial charge in [0.05, 0.1) is 12.4 Å². The summed E-state index contributed by atoms with van der Waals surface area (Å²) >= 11 is 0. The van der Waals surface area contributed by atoms with E-state index in [4.69, 9.17) is 0 Å². The minimum absolute atomic E-state index is 0.148. The zero-order chi connectivity index (χ0) is 15.9. The van der Waals surface area contributed by atoms with Crippen LogP contribution in [-0.4, -0.2) is 38.7 Å². The molecule has 1 aliphatic rings. The number of anilines is 1. The van der Waals surface area contributed by atoms with Crippen molar-refractivity contribution < 1.29 is 4.79 Å². The van der Waals surface area contributed by atoms with E-state index in [1.807, 2.05) is 12.3 Å². The van der Waals surface area contributed by atoms with Crippen molar-refractivity contribution in [3.8, 4) is 5.82 Å². The van der Waals surface area contributed by atoms with E-state index in [0.717, 1.165) is 0 Å². The van der Waals surface area contributed by atoms with E-state index in [1.165, 1.54) is 25.7 Å². The molecule has 0 aromatic carbocycles. The predicted octanol–water partition coefficient (Wildman–Crippen LogP) is 1.77. The van der Waals surface area contributed by atoms with Crippen molar-refractivity contribution in [2.75, 3.05) is 18.4 Å². The third-order valence-electron chi connectivity index (χ3n) is 4.06. The molecule has 0 bridgehead atoms. The molecule has 3 rings (SSSR count). The topological polar surface area (TPSA) is 84.7 Å². The van der Waals surface area contributed by atoms with Crippen LogP contribution in [0.1, 0.15) is 32.1 Å². The van der Waals surface area contributed by atoms with Gasteiger partial charge in [0.15, 0.2) is 5.82 Å². The highest BCUT2D eigenvalue weighted by Gasteiger charge is 2.17. The molecule has 1 saturated carbocycles. The van der Waals surface area contributed by atoms with E-state index in [2.05, 4.69) is 25.7 Å². The van der Waals surface area contributed by atoms with Crippen LogP contribution >= 0.6 is 0 Å². The summed E-state index contributed by atoms with van der Waals surface area (Å²) in [6.45, 7) is 1.20. The first-order chi connectivity index (χ1) is 11.3. The Hall–Kier alpha value is -2.44. The maximum absolute atomic E-state index is 11.8. The standard InChI is InChI=1S/C16H22N6O/c23-16(10-13-4-1-2-5-13)19-8-7-18-14-11-17-12-15(21-14)22-9-3-6-20-22/h3,6,9,11-13H,1-2,4-5,7-8,10H2,(H,18,21)(H,19,23). The summed E-state index contributed by atoms with van der Waals surface area (Å²) < 4.78 is 1.65. The summed E-state index contributed by atoms with van der Waals surface area (Å²) in [7, 11) is 0. The summed E-state index contributed by atoms with van der Waals surface area (Å²) in [4.78, 5) is 20.4. The Labute approximate surface area is 135 Å². The van der Waals surface area contributed by atoms with Crippen LogP contribution in [0.2, 0.25) is 0 Å². The molecule has 1 amide bonds. The second-order valence-corrected chi connectivity index (χ2v) is 5.84. The van der Waals surface area contributed by atoms with Gasteiger partial charge >= 0.3 is 0 Å². The van der Waals surface area contributed by atoms with Crippen molar-refractivity contribution in [1.82, 2.24) is 25.1 Å². The van der Waals surface area contributed by atoms with E-state index in [-0.39, 0.29) is 5.91 Å². The largest absolute Gasteiger partial charge is 0.367 e. The molecule has 7 heteroatoms. The van der Waals surface area contributed by atoms with Gasteiger partial charge in [-0.2, -0.15) is 5.10 Å². The van der Waals surface area contributed by atoms with E-state index in [1.54, 1.807) is 23.3 Å². The number of aromatic nitrogens is 4. The SMILES string of the molecule is O=C(CC1CCCC1)NCCNc1cncc(-n2cccn2)n1. The van der Waals surface area contributed by atoms with Crippen molar-refractivity contribution in [3.63, 3.8) is 0 Å². The first-order valence-electron chi connectivity index (χ1n) is 8.14. The van der Waals surface area contributed by atoms with Crippen LogP contribution in [-0.2, 0) is 4.79 Å². The molecular formula is C16H22N6O. The molecule has 1 fully saturated rings. The van der Waals surface area contributed by atoms with Crippen molar-refractivity contribution >= 4 is 11.7 Å². The minimum atomic E-state index is 0.148. The summed E-state index contributed by atoms with van der Waals surface area (Å²) in [5, 5.41) is 10.2. The lowest BCUT2D eigenvalue weighted by molar-refractivity contribution is -0.121. The Bertz CT molecular complexity index is 621. The number of hydrogen-bond donors (Lipinski definition) is 2. The lowest BCUT2D eigenvalue weighted by Crippen LogP contribution is -2.30. The third-order valence-corrected chi connectivity index (χ3v) is 4.06. The van der Waals surface area contributed by atoms with Crippen LogP contribution in [0, 0.1) is 5.92 Å². The Balaban J connectivity index is 1.40. The van der Waals surface area contributed by atoms with Crippen molar-refractivity contribution in [3.05, 3.63) is 30.9 Å². The molecule has 0 atom stereocenters. The second-order valence-electron chi connectivity index (χ2n) is 5.84. The molecule has 0 spiro atoms. The highest BCUT2D eigenvalue weighted by atomic mass is 16.1. The van der Waals surface area contributed by atoms with Gasteiger partial charge in [-0.15, -0.1) is 0 Å². The van der Waals surface area contributed by atoms with Gasteiger partial charge in [0.2, 0.25) is 5.91 Å². The van der Waals surface area contributed by atoms with E-state index in [0.29, 0.717) is 37.1 Å². The first-order valence-corrected chi connectivity index (χ1v) is 8.14. The zero-order valence-corrected chi connectivity index (χ0v) is 13.1. The molecule has 0 unspecified atom stereocenters. The van der Waals surface area contributed by atoms with E-state index < -0.39 is 0 Å². The number of rotatable bonds is 7. The van der Waals surface area contributed by atoms with Crippen LogP contribution in [0.4, 0.5) is 5.82 Å². The monoisotopic (exact) mass is 314 g/mol. The molecule has 1 aliphatic carbocycles. The summed E-state index contributed by atoms with van der Waals surface area (Å²) in [5.74, 6) is 2.06. The average Bonchev–Trinajstić information content (AvgIpc) is 3.25. The normalized spacial score (nSPS) is 14.8. The molecule has 0 aliphatic heterocycles. The maximum atomic E-state index is 11.8. The van der Waals surface area contributed by atoms with Crippen LogP contribution in [0.15, 0.2) is 30.9 Å². The van der Waals surface area contributed by atoms with Gasteiger partial charge < -0.3 is 10.6 Å². The van der Waals surface area contributed by atoms with Crippen molar-refractivity contribution in [2.24, 2.45) is 5.92 Å². The summed E-state index contributed by atoms with van der Waals surface area (Å²) in [6.07, 6.45) is 12.4. The Morgan fingerprint density at radius 1 is 1.26 bits per heavy atom. The highest BCUT2D eigenvalue weighted by Crippen LogP contribution is 2.27. The van der Waals surface area contributed by atoms with Gasteiger partial charge in [-0.25, -0.2) is 9.67 Å². The number of hydrogen-bond acceptors (Lipinski definition) is 5. The number of carbonyl (C=O) groups excluding carboxylic acids is 1. The fourth-order valence-corrected chi connectivity index (χ4v) is 2.90. The van der Waals surface area contributed by atoms with Gasteiger partial charge in [0.1, 0.15) is 5.82 Å². The van der Waals surface area contributed by atoms with Gasteiger partial charge in [0.25, 0.3) is 0 Å². The summed E-state index contributed by atoms with van der Waals surface area (Å²) in [6, 6.07) is 1.83. The smallest absolute Gasteiger partial charge is 0.220 e. The number of amides is 1. The van der Waals surface area contributed by atoms with Gasteiger partial charge in [-0.1, -0.05) is 12.8 Å². The minimum Gasteiger partial charge on any atom is -0.367 e. The third kappa shape index (κ3) is 4.51. The van der Waals surface area contributed by atoms with Crippen LogP contribution in [0.3, 0.4) is 0 Å². The zero-order valence-electron chi connectivity index (χ0n) is 13.1. The molecule has 122 valence electrons. The van der Waals surface area contributed by atoms with Gasteiger partial charge in [-0.3, -0.25) is 9.78 Å². The maximum Gasteiger partial charge on any atom is 0.220 e. The first kappa shape index (κ1) is 15.5. The van der Waals surface area contributed by atoms with Crippen LogP contribution in [0.5, 0.6) is 0 Å². The summed E-state index contributed by atoms with van der Waals surface area (Å²) in [5.41, 5.74) is 0. The molecule has 23 heavy (non-hydrogen) atoms. The lowest BCUT2D eigenvalue weighted by atomic mass is 10.0. The lowest BCUT2D eigenvalue weighted by Gasteiger charge is -2.10. The second kappa shape index (κ2) is 7.71. The molecule has 2 aromatic rings. The van der Waals surface area contributed by atoms with Crippen molar-refractivity contribution in [1.29, 1.82) is 0 Å². The molecular weight excluding hydrogens is 292 g/mol. The highest BCUT2D eigenvalue weighted by molar-refractivity contribution is 5.76. The number of nitrogens with zero attached hydrogens (tertiary/aromatic N) is 4. The Morgan fingerprint density at radius 2 is 2.13 bits per heavy atom. The van der Waals surface area contributed by atoms with Crippen LogP contribution in [0.25, 0.3) is 5.82 Å². The van der Waals surface area contributed by atoms with Gasteiger partial charge in [-0.05, 0) is 24.8 Å². The Kier molecular flexibility index (Phi) is 5.18. The molecule has 0 radical (unpaired) electrons. The van der Waals surface area contributed by atoms with Crippen molar-refractivity contribution in [2.45, 2.75) is 32.1 Å². The fraction of sp³-hybridized carbons (Fsp3) is 0.500. The Morgan fingerprint density at radius 3 is 2.91 bits per heavy atom. The van der Waals surface area contributed by atoms with E-state index >= 15 is 0 Å². The number of nitrogens with one attached hydrogen (secondary N) is 2. The van der Waals surface area contributed by atoms with Crippen LogP contribution < -0.4 is 10.6 Å². The molecule has 0 saturated heterocycles.